The number of nitrogens with zero attached hydrogens (tertiary/aromatic N) is 2. The van der Waals surface area contributed by atoms with Crippen LogP contribution >= 0.6 is 0 Å². The minimum Gasteiger partial charge on any atom is -0.355 e. The predicted molar refractivity (Wildman–Crippen MR) is 75.5 cm³/mol. The highest BCUT2D eigenvalue weighted by atomic mass is 19.1. The molecule has 4 heteroatoms. The van der Waals surface area contributed by atoms with Gasteiger partial charge in [-0.25, -0.2) is 9.37 Å². The Morgan fingerprint density at radius 1 is 1.21 bits per heavy atom. The molecule has 1 aromatic carbocycles. The van der Waals surface area contributed by atoms with Crippen molar-refractivity contribution in [1.29, 1.82) is 0 Å². The quantitative estimate of drug-likeness (QED) is 0.896. The summed E-state index contributed by atoms with van der Waals surface area (Å²) in [5.41, 5.74) is 7.28. The van der Waals surface area contributed by atoms with Crippen LogP contribution in [-0.2, 0) is 13.0 Å². The van der Waals surface area contributed by atoms with Crippen LogP contribution in [0.25, 0.3) is 0 Å². The molecule has 1 heterocycles. The minimum absolute atomic E-state index is 0.186. The van der Waals surface area contributed by atoms with Gasteiger partial charge in [0.2, 0.25) is 0 Å². The van der Waals surface area contributed by atoms with E-state index in [4.69, 9.17) is 5.73 Å². The highest BCUT2D eigenvalue weighted by molar-refractivity contribution is 5.39. The molecule has 3 nitrogen and oxygen atoms in total. The fourth-order valence-corrected chi connectivity index (χ4v) is 1.92. The van der Waals surface area contributed by atoms with Crippen molar-refractivity contribution >= 4 is 5.82 Å². The number of hydrogen-bond donors (Lipinski definition) is 1. The van der Waals surface area contributed by atoms with Gasteiger partial charge in [-0.2, -0.15) is 0 Å². The monoisotopic (exact) mass is 259 g/mol. The molecule has 19 heavy (non-hydrogen) atoms. The van der Waals surface area contributed by atoms with Crippen LogP contribution in [-0.4, -0.2) is 18.6 Å². The molecule has 0 spiro atoms. The summed E-state index contributed by atoms with van der Waals surface area (Å²) in [5.74, 6) is 0.637. The van der Waals surface area contributed by atoms with Crippen LogP contribution in [0.1, 0.15) is 11.1 Å². The lowest BCUT2D eigenvalue weighted by atomic mass is 10.2. The maximum Gasteiger partial charge on any atom is 0.128 e. The second kappa shape index (κ2) is 6.29. The van der Waals surface area contributed by atoms with Crippen molar-refractivity contribution in [3.8, 4) is 0 Å². The number of halogens is 1. The topological polar surface area (TPSA) is 42.1 Å². The molecule has 0 atom stereocenters. The summed E-state index contributed by atoms with van der Waals surface area (Å²) in [7, 11) is 1.90. The Hall–Kier alpha value is -1.94. The lowest BCUT2D eigenvalue weighted by molar-refractivity contribution is 0.607. The Labute approximate surface area is 112 Å². The molecule has 0 aliphatic carbocycles. The van der Waals surface area contributed by atoms with E-state index in [-0.39, 0.29) is 5.82 Å². The molecular formula is C15H18FN3. The Morgan fingerprint density at radius 2 is 2.00 bits per heavy atom. The number of benzene rings is 1. The van der Waals surface area contributed by atoms with Gasteiger partial charge in [0.05, 0.1) is 0 Å². The van der Waals surface area contributed by atoms with E-state index in [9.17, 15) is 4.39 Å². The number of aromatic nitrogens is 1. The average molecular weight is 259 g/mol. The Kier molecular flexibility index (Phi) is 4.47. The van der Waals surface area contributed by atoms with Crippen LogP contribution in [0.4, 0.5) is 10.2 Å². The van der Waals surface area contributed by atoms with Gasteiger partial charge in [0.25, 0.3) is 0 Å². The normalized spacial score (nSPS) is 10.5. The van der Waals surface area contributed by atoms with E-state index in [1.807, 2.05) is 36.3 Å². The molecule has 0 saturated heterocycles. The van der Waals surface area contributed by atoms with Crippen LogP contribution in [0.15, 0.2) is 42.6 Å². The van der Waals surface area contributed by atoms with Crippen molar-refractivity contribution in [3.63, 3.8) is 0 Å². The zero-order chi connectivity index (χ0) is 13.7. The molecule has 0 bridgehead atoms. The molecule has 100 valence electrons. The Bertz CT molecular complexity index is 525. The van der Waals surface area contributed by atoms with E-state index >= 15 is 0 Å². The van der Waals surface area contributed by atoms with Gasteiger partial charge >= 0.3 is 0 Å². The molecular weight excluding hydrogens is 241 g/mol. The first-order chi connectivity index (χ1) is 9.20. The number of rotatable bonds is 5. The van der Waals surface area contributed by atoms with Gasteiger partial charge in [0.1, 0.15) is 11.6 Å². The maximum atomic E-state index is 13.6. The van der Waals surface area contributed by atoms with E-state index in [1.54, 1.807) is 12.1 Å². The van der Waals surface area contributed by atoms with E-state index < -0.39 is 0 Å². The zero-order valence-electron chi connectivity index (χ0n) is 11.0. The highest BCUT2D eigenvalue weighted by Gasteiger charge is 2.07. The van der Waals surface area contributed by atoms with Gasteiger partial charge in [-0.05, 0) is 30.7 Å². The molecule has 2 N–H and O–H groups in total. The molecule has 0 aliphatic heterocycles. The standard InChI is InChI=1S/C15H18FN3/c1-19(11-13-4-2-3-5-14(13)16)15-7-6-12(8-9-17)10-18-15/h2-7,10H,8-9,11,17H2,1H3. The van der Waals surface area contributed by atoms with Crippen LogP contribution in [0.3, 0.4) is 0 Å². The summed E-state index contributed by atoms with van der Waals surface area (Å²) in [4.78, 5) is 6.29. The Morgan fingerprint density at radius 3 is 2.63 bits per heavy atom. The van der Waals surface area contributed by atoms with Crippen LogP contribution in [0.2, 0.25) is 0 Å². The highest BCUT2D eigenvalue weighted by Crippen LogP contribution is 2.15. The fourth-order valence-electron chi connectivity index (χ4n) is 1.92. The first kappa shape index (κ1) is 13.5. The molecule has 2 rings (SSSR count). The third-order valence-electron chi connectivity index (χ3n) is 3.00. The van der Waals surface area contributed by atoms with Crippen LogP contribution in [0.5, 0.6) is 0 Å². The van der Waals surface area contributed by atoms with Crippen molar-refractivity contribution in [2.24, 2.45) is 5.73 Å². The van der Waals surface area contributed by atoms with E-state index in [0.29, 0.717) is 18.7 Å². The lowest BCUT2D eigenvalue weighted by Crippen LogP contribution is -2.18. The molecule has 0 saturated carbocycles. The van der Waals surface area contributed by atoms with Gasteiger partial charge in [-0.15, -0.1) is 0 Å². The van der Waals surface area contributed by atoms with Crippen molar-refractivity contribution in [2.45, 2.75) is 13.0 Å². The van der Waals surface area contributed by atoms with E-state index in [0.717, 1.165) is 17.8 Å². The SMILES string of the molecule is CN(Cc1ccccc1F)c1ccc(CCN)cn1. The second-order valence-electron chi connectivity index (χ2n) is 4.51. The van der Waals surface area contributed by atoms with Crippen molar-refractivity contribution in [3.05, 3.63) is 59.5 Å². The second-order valence-corrected chi connectivity index (χ2v) is 4.51. The molecule has 0 amide bonds. The van der Waals surface area contributed by atoms with Crippen LogP contribution in [0, 0.1) is 5.82 Å². The predicted octanol–water partition coefficient (Wildman–Crippen LogP) is 2.36. The van der Waals surface area contributed by atoms with Gasteiger partial charge in [0.15, 0.2) is 0 Å². The summed E-state index contributed by atoms with van der Waals surface area (Å²) < 4.78 is 13.6. The zero-order valence-corrected chi connectivity index (χ0v) is 11.0. The smallest absolute Gasteiger partial charge is 0.128 e. The van der Waals surface area contributed by atoms with Gasteiger partial charge in [-0.3, -0.25) is 0 Å². The van der Waals surface area contributed by atoms with E-state index in [2.05, 4.69) is 4.98 Å². The van der Waals surface area contributed by atoms with E-state index in [1.165, 1.54) is 6.07 Å². The van der Waals surface area contributed by atoms with Crippen molar-refractivity contribution < 1.29 is 4.39 Å². The van der Waals surface area contributed by atoms with Gasteiger partial charge < -0.3 is 10.6 Å². The third-order valence-corrected chi connectivity index (χ3v) is 3.00. The first-order valence-electron chi connectivity index (χ1n) is 6.30. The molecule has 0 aliphatic rings. The maximum absolute atomic E-state index is 13.6. The molecule has 0 radical (unpaired) electrons. The van der Waals surface area contributed by atoms with Crippen LogP contribution < -0.4 is 10.6 Å². The summed E-state index contributed by atoms with van der Waals surface area (Å²) in [5, 5.41) is 0. The number of pyridine rings is 1. The molecule has 2 aromatic rings. The molecule has 1 aromatic heterocycles. The van der Waals surface area contributed by atoms with Crippen molar-refractivity contribution in [2.75, 3.05) is 18.5 Å². The first-order valence-corrected chi connectivity index (χ1v) is 6.30. The summed E-state index contributed by atoms with van der Waals surface area (Å²) in [6.07, 6.45) is 2.64. The molecule has 0 unspecified atom stereocenters. The fraction of sp³-hybridized carbons (Fsp3) is 0.267. The average Bonchev–Trinajstić information content (AvgIpc) is 2.42. The largest absolute Gasteiger partial charge is 0.355 e. The third kappa shape index (κ3) is 3.51. The minimum atomic E-state index is -0.186. The number of hydrogen-bond acceptors (Lipinski definition) is 3. The number of nitrogens with two attached hydrogens (primary N) is 1. The lowest BCUT2D eigenvalue weighted by Gasteiger charge is -2.18. The summed E-state index contributed by atoms with van der Waals surface area (Å²) >= 11 is 0. The van der Waals surface area contributed by atoms with Gasteiger partial charge in [-0.1, -0.05) is 24.3 Å². The molecule has 0 fully saturated rings. The number of anilines is 1. The summed E-state index contributed by atoms with van der Waals surface area (Å²) in [6.45, 7) is 1.11. The van der Waals surface area contributed by atoms with Gasteiger partial charge in [0, 0.05) is 25.4 Å². The summed E-state index contributed by atoms with van der Waals surface area (Å²) in [6, 6.07) is 10.7. The Balaban J connectivity index is 2.07. The van der Waals surface area contributed by atoms with Crippen molar-refractivity contribution in [1.82, 2.24) is 4.98 Å².